The van der Waals surface area contributed by atoms with Crippen LogP contribution in [0.1, 0.15) is 92.8 Å². The molecule has 4 aromatic rings. The third-order valence-electron chi connectivity index (χ3n) is 10.3. The van der Waals surface area contributed by atoms with Crippen molar-refractivity contribution in [2.75, 3.05) is 0 Å². The van der Waals surface area contributed by atoms with Crippen LogP contribution in [-0.4, -0.2) is 11.6 Å². The molecule has 322 valence electrons. The highest BCUT2D eigenvalue weighted by Crippen LogP contribution is 2.46. The van der Waals surface area contributed by atoms with Crippen LogP contribution in [0.5, 0.6) is 0 Å². The van der Waals surface area contributed by atoms with Crippen molar-refractivity contribution in [1.29, 1.82) is 0 Å². The Hall–Kier alpha value is -4.02. The average Bonchev–Trinajstić information content (AvgIpc) is 3.89. The van der Waals surface area contributed by atoms with Gasteiger partial charge in [-0.1, -0.05) is 142 Å². The second kappa shape index (κ2) is 17.9. The monoisotopic (exact) mass is 942 g/mol. The first-order valence-electron chi connectivity index (χ1n) is 20.1. The molecule has 0 spiro atoms. The molecule has 6 rings (SSSR count). The zero-order valence-electron chi connectivity index (χ0n) is 37.0. The Kier molecular flexibility index (Phi) is 13.7. The number of hydrogen-bond acceptors (Lipinski definition) is 8. The maximum atomic E-state index is 13.7. The molecule has 0 radical (unpaired) electrons. The first kappa shape index (κ1) is 47.5. The number of ketones is 2. The van der Waals surface area contributed by atoms with Gasteiger partial charge >= 0.3 is 0 Å². The Bertz CT molecular complexity index is 2460. The summed E-state index contributed by atoms with van der Waals surface area (Å²) >= 11 is 30.8. The van der Waals surface area contributed by atoms with E-state index >= 15 is 0 Å². The lowest BCUT2D eigenvalue weighted by atomic mass is 9.71. The van der Waals surface area contributed by atoms with Crippen LogP contribution < -0.4 is 0 Å². The van der Waals surface area contributed by atoms with Gasteiger partial charge in [-0.3, -0.25) is 9.59 Å². The van der Waals surface area contributed by atoms with Crippen molar-refractivity contribution < 1.29 is 9.59 Å². The summed E-state index contributed by atoms with van der Waals surface area (Å²) in [7, 11) is 0. The molecule has 2 aromatic heterocycles. The molecule has 0 fully saturated rings. The van der Waals surface area contributed by atoms with E-state index in [1.807, 2.05) is 142 Å². The van der Waals surface area contributed by atoms with Gasteiger partial charge in [0.1, 0.15) is 22.8 Å². The lowest BCUT2D eigenvalue weighted by Crippen LogP contribution is -2.28. The topological polar surface area (TPSA) is 83.6 Å². The average molecular weight is 945 g/mol. The highest BCUT2D eigenvalue weighted by Gasteiger charge is 2.36. The number of rotatable bonds is 7. The molecule has 6 nitrogen and oxygen atoms in total. The van der Waals surface area contributed by atoms with Gasteiger partial charge in [0.15, 0.2) is 11.6 Å². The number of hydrogen-bond donors (Lipinski definition) is 0. The molecule has 12 heteroatoms. The molecular formula is C50H50Cl4N4O2S2. The SMILES string of the molecule is CC(C)(C)C1=CC(=C(/N=N/c2cc(Cl)c(-c3cc(Cl)c(/N=N/C(=C4C=C(C(C)(C)C)C(=O)C(C(C)(C)C)=C4)c4cccs4)cc3Cl)cc2Cl)c2cccs2)C=C(C(C)(C)C)C1=O. The van der Waals surface area contributed by atoms with Crippen LogP contribution in [0.4, 0.5) is 11.4 Å². The molecule has 2 heterocycles. The predicted molar refractivity (Wildman–Crippen MR) is 264 cm³/mol. The quantitative estimate of drug-likeness (QED) is 0.173. The molecule has 0 N–H and O–H groups in total. The Morgan fingerprint density at radius 3 is 1.03 bits per heavy atom. The summed E-state index contributed by atoms with van der Waals surface area (Å²) in [4.78, 5) is 29.2. The largest absolute Gasteiger partial charge is 0.289 e. The summed E-state index contributed by atoms with van der Waals surface area (Å²) < 4.78 is 0. The molecule has 2 aliphatic carbocycles. The van der Waals surface area contributed by atoms with Crippen LogP contribution in [0, 0.1) is 21.7 Å². The van der Waals surface area contributed by atoms with Crippen molar-refractivity contribution in [3.05, 3.63) is 147 Å². The van der Waals surface area contributed by atoms with Gasteiger partial charge in [-0.2, -0.15) is 0 Å². The van der Waals surface area contributed by atoms with Gasteiger partial charge in [0.05, 0.1) is 29.8 Å². The van der Waals surface area contributed by atoms with E-state index in [-0.39, 0.29) is 11.6 Å². The minimum atomic E-state index is -0.396. The summed E-state index contributed by atoms with van der Waals surface area (Å²) in [5.41, 5.74) is 5.81. The van der Waals surface area contributed by atoms with Crippen molar-refractivity contribution >= 4 is 103 Å². The fourth-order valence-corrected chi connectivity index (χ4v) is 9.32. The maximum Gasteiger partial charge on any atom is 0.186 e. The van der Waals surface area contributed by atoms with E-state index in [2.05, 4.69) is 10.2 Å². The molecule has 0 saturated heterocycles. The van der Waals surface area contributed by atoms with Crippen LogP contribution >= 0.6 is 69.1 Å². The smallest absolute Gasteiger partial charge is 0.186 e. The summed E-state index contributed by atoms with van der Waals surface area (Å²) in [6.07, 6.45) is 7.71. The van der Waals surface area contributed by atoms with Gasteiger partial charge in [0.25, 0.3) is 0 Å². The van der Waals surface area contributed by atoms with Crippen molar-refractivity contribution in [2.45, 2.75) is 83.1 Å². The summed E-state index contributed by atoms with van der Waals surface area (Å²) in [5.74, 6) is 0.0730. The standard InChI is InChI=1S/C50H50Cl4N4O2S2/c1-47(2,3)31-19-27(20-32(45(31)59)48(4,5)6)43(41-15-13-17-61-41)57-55-39-25-35(51)29(23-37(39)53)30-24-38(54)40(26-36(30)52)56-58-44(42-16-14-18-62-42)28-21-33(49(7,8)9)46(60)34(22-28)50(10,11)12/h13-26H,1-12H3/b57-55+,58-56+. The molecule has 0 amide bonds. The number of thiophene rings is 2. The molecule has 0 bridgehead atoms. The zero-order valence-corrected chi connectivity index (χ0v) is 41.7. The van der Waals surface area contributed by atoms with Crippen LogP contribution in [0.3, 0.4) is 0 Å². The van der Waals surface area contributed by atoms with Gasteiger partial charge in [-0.05, 0) is 93.1 Å². The van der Waals surface area contributed by atoms with Crippen LogP contribution in [0.2, 0.25) is 20.1 Å². The third kappa shape index (κ3) is 10.3. The van der Waals surface area contributed by atoms with Crippen LogP contribution in [0.25, 0.3) is 22.5 Å². The fraction of sp³-hybridized carbons (Fsp3) is 0.320. The van der Waals surface area contributed by atoms with Gasteiger partial charge in [-0.15, -0.1) is 43.1 Å². The lowest BCUT2D eigenvalue weighted by molar-refractivity contribution is -0.114. The number of benzene rings is 2. The van der Waals surface area contributed by atoms with Crippen LogP contribution in [0.15, 0.2) is 137 Å². The third-order valence-corrected chi connectivity index (χ3v) is 13.3. The highest BCUT2D eigenvalue weighted by atomic mass is 35.5. The van der Waals surface area contributed by atoms with E-state index in [0.717, 1.165) is 20.9 Å². The summed E-state index contributed by atoms with van der Waals surface area (Å²) in [5, 5.41) is 23.9. The Morgan fingerprint density at radius 1 is 0.468 bits per heavy atom. The number of carbonyl (C=O) groups is 2. The number of azo groups is 2. The van der Waals surface area contributed by atoms with Gasteiger partial charge in [0, 0.05) is 44.6 Å². The number of carbonyl (C=O) groups excluding carboxylic acids is 2. The molecule has 0 aliphatic heterocycles. The van der Waals surface area contributed by atoms with Crippen molar-refractivity contribution in [2.24, 2.45) is 42.1 Å². The van der Waals surface area contributed by atoms with Crippen molar-refractivity contribution in [1.82, 2.24) is 0 Å². The molecule has 62 heavy (non-hydrogen) atoms. The lowest BCUT2D eigenvalue weighted by Gasteiger charge is -2.31. The molecular weight excluding hydrogens is 895 g/mol. The fourth-order valence-electron chi connectivity index (χ4n) is 6.93. The molecule has 0 saturated carbocycles. The minimum Gasteiger partial charge on any atom is -0.289 e. The van der Waals surface area contributed by atoms with Gasteiger partial charge in [0.2, 0.25) is 0 Å². The molecule has 2 aromatic carbocycles. The molecule has 2 aliphatic rings. The normalized spacial score (nSPS) is 15.7. The second-order valence-electron chi connectivity index (χ2n) is 19.4. The zero-order chi connectivity index (χ0) is 45.7. The van der Waals surface area contributed by atoms with Gasteiger partial charge < -0.3 is 0 Å². The first-order valence-corrected chi connectivity index (χ1v) is 23.4. The van der Waals surface area contributed by atoms with Crippen LogP contribution in [-0.2, 0) is 9.59 Å². The number of allylic oxidation sites excluding steroid dienone is 10. The molecule has 0 atom stereocenters. The van der Waals surface area contributed by atoms with E-state index in [4.69, 9.17) is 56.6 Å². The Morgan fingerprint density at radius 2 is 0.774 bits per heavy atom. The van der Waals surface area contributed by atoms with Crippen molar-refractivity contribution in [3.8, 4) is 11.1 Å². The first-order chi connectivity index (χ1) is 28.8. The highest BCUT2D eigenvalue weighted by molar-refractivity contribution is 7.11. The molecule has 0 unspecified atom stereocenters. The predicted octanol–water partition coefficient (Wildman–Crippen LogP) is 18.1. The number of Topliss-reactive ketones (excluding diaryl/α,β-unsaturated/α-hetero) is 2. The van der Waals surface area contributed by atoms with E-state index < -0.39 is 21.7 Å². The number of halogens is 4. The van der Waals surface area contributed by atoms with E-state index in [1.165, 1.54) is 22.7 Å². The number of nitrogens with zero attached hydrogens (tertiary/aromatic N) is 4. The van der Waals surface area contributed by atoms with E-state index in [1.54, 1.807) is 24.3 Å². The van der Waals surface area contributed by atoms with Gasteiger partial charge in [-0.25, -0.2) is 0 Å². The second-order valence-corrected chi connectivity index (χ2v) is 22.9. The Labute approximate surface area is 393 Å². The minimum absolute atomic E-state index is 0.0365. The van der Waals surface area contributed by atoms with Crippen molar-refractivity contribution in [3.63, 3.8) is 0 Å². The van der Waals surface area contributed by atoms with E-state index in [0.29, 0.717) is 76.3 Å². The Balaban J connectivity index is 1.39. The van der Waals surface area contributed by atoms with E-state index in [9.17, 15) is 9.59 Å². The summed E-state index contributed by atoms with van der Waals surface area (Å²) in [6.45, 7) is 24.4. The maximum absolute atomic E-state index is 13.7. The summed E-state index contributed by atoms with van der Waals surface area (Å²) in [6, 6.07) is 14.5.